The molecule has 2 heterocycles. The fourth-order valence-electron chi connectivity index (χ4n) is 4.19. The van der Waals surface area contributed by atoms with Gasteiger partial charge in [0.25, 0.3) is 11.8 Å². The number of nitrogens with one attached hydrogen (secondary N) is 1. The Labute approximate surface area is 218 Å². The van der Waals surface area contributed by atoms with Crippen molar-refractivity contribution in [2.75, 3.05) is 23.8 Å². The van der Waals surface area contributed by atoms with Crippen LogP contribution in [0, 0.1) is 13.8 Å². The molecule has 1 fully saturated rings. The largest absolute Gasteiger partial charge is 0.508 e. The Kier molecular flexibility index (Phi) is 7.74. The van der Waals surface area contributed by atoms with Gasteiger partial charge in [0.1, 0.15) is 16.7 Å². The molecule has 2 atom stereocenters. The lowest BCUT2D eigenvalue weighted by Gasteiger charge is -2.32. The Hall–Kier alpha value is -3.96. The summed E-state index contributed by atoms with van der Waals surface area (Å²) in [4.78, 5) is 40.9. The number of ether oxygens (including phenoxy) is 1. The van der Waals surface area contributed by atoms with Gasteiger partial charge in [-0.05, 0) is 79.2 Å². The average molecular weight is 524 g/mol. The van der Waals surface area contributed by atoms with Crippen LogP contribution in [0.1, 0.15) is 55.7 Å². The number of carbonyl (C=O) groups is 3. The van der Waals surface area contributed by atoms with E-state index in [2.05, 4.69) is 9.69 Å². The van der Waals surface area contributed by atoms with Gasteiger partial charge in [-0.15, -0.1) is 0 Å². The van der Waals surface area contributed by atoms with E-state index in [9.17, 15) is 19.5 Å². The number of benzene rings is 2. The monoisotopic (exact) mass is 523 g/mol. The van der Waals surface area contributed by atoms with Crippen molar-refractivity contribution in [3.05, 3.63) is 69.7 Å². The third-order valence-corrected chi connectivity index (χ3v) is 7.24. The molecule has 10 nitrogen and oxygen atoms in total. The van der Waals surface area contributed by atoms with Crippen molar-refractivity contribution >= 4 is 40.6 Å². The van der Waals surface area contributed by atoms with Gasteiger partial charge >= 0.3 is 0 Å². The van der Waals surface area contributed by atoms with Gasteiger partial charge in [0.15, 0.2) is 5.69 Å². The summed E-state index contributed by atoms with van der Waals surface area (Å²) in [5.41, 5.74) is 14.0. The molecule has 6 N–H and O–H groups in total. The number of hydrogen-bond donors (Lipinski definition) is 4. The van der Waals surface area contributed by atoms with E-state index in [0.29, 0.717) is 17.9 Å². The number of nitrogens with two attached hydrogens (primary N) is 2. The zero-order valence-corrected chi connectivity index (χ0v) is 21.4. The van der Waals surface area contributed by atoms with Gasteiger partial charge in [-0.25, -0.2) is 0 Å². The average Bonchev–Trinajstić information content (AvgIpc) is 3.53. The van der Waals surface area contributed by atoms with Crippen molar-refractivity contribution in [2.45, 2.75) is 38.8 Å². The van der Waals surface area contributed by atoms with E-state index in [-0.39, 0.29) is 34.7 Å². The Morgan fingerprint density at radius 3 is 2.51 bits per heavy atom. The standard InChI is InChI=1S/C26H29N5O5S/c1-14-5-8-17(12-15(14)2)31(26(35)23-20(27)21(24(28)33)30-37-23)22(16-6-9-18(32)10-7-16)25(34)29-13-19-4-3-11-36-19/h5-10,12,19,22,32H,3-4,11,13,27H2,1-2H3,(H2,28,33)(H,29,34)/t19-,22+/m1/s1. The summed E-state index contributed by atoms with van der Waals surface area (Å²) in [6, 6.07) is 10.3. The minimum absolute atomic E-state index is 0.0114. The van der Waals surface area contributed by atoms with E-state index < -0.39 is 23.8 Å². The summed E-state index contributed by atoms with van der Waals surface area (Å²) in [6.45, 7) is 4.77. The molecule has 1 saturated heterocycles. The highest BCUT2D eigenvalue weighted by atomic mass is 32.1. The van der Waals surface area contributed by atoms with E-state index in [0.717, 1.165) is 35.5 Å². The number of phenols is 1. The Bertz CT molecular complexity index is 1320. The Morgan fingerprint density at radius 2 is 1.92 bits per heavy atom. The van der Waals surface area contributed by atoms with Gasteiger partial charge in [0.05, 0.1) is 11.8 Å². The van der Waals surface area contributed by atoms with Gasteiger partial charge in [-0.1, -0.05) is 18.2 Å². The van der Waals surface area contributed by atoms with Crippen molar-refractivity contribution in [1.29, 1.82) is 0 Å². The number of rotatable bonds is 8. The predicted molar refractivity (Wildman–Crippen MR) is 141 cm³/mol. The molecule has 1 aromatic heterocycles. The van der Waals surface area contributed by atoms with Crippen LogP contribution >= 0.6 is 11.5 Å². The number of aryl methyl sites for hydroxylation is 2. The summed E-state index contributed by atoms with van der Waals surface area (Å²) in [5, 5.41) is 12.8. The summed E-state index contributed by atoms with van der Waals surface area (Å²) >= 11 is 0.745. The van der Waals surface area contributed by atoms with Gasteiger partial charge in [-0.3, -0.25) is 19.3 Å². The van der Waals surface area contributed by atoms with E-state index in [4.69, 9.17) is 16.2 Å². The number of nitrogens with zero attached hydrogens (tertiary/aromatic N) is 2. The van der Waals surface area contributed by atoms with E-state index in [1.165, 1.54) is 17.0 Å². The maximum Gasteiger partial charge on any atom is 0.273 e. The van der Waals surface area contributed by atoms with E-state index in [1.54, 1.807) is 24.3 Å². The molecular formula is C26H29N5O5S. The van der Waals surface area contributed by atoms with Gasteiger partial charge < -0.3 is 26.6 Å². The SMILES string of the molecule is Cc1ccc(N(C(=O)c2snc(C(N)=O)c2N)[C@H](C(=O)NC[C@H]2CCCO2)c2ccc(O)cc2)cc1C. The maximum atomic E-state index is 14.1. The smallest absolute Gasteiger partial charge is 0.273 e. The molecule has 37 heavy (non-hydrogen) atoms. The summed E-state index contributed by atoms with van der Waals surface area (Å²) in [7, 11) is 0. The minimum Gasteiger partial charge on any atom is -0.508 e. The van der Waals surface area contributed by atoms with Crippen LogP contribution in [-0.2, 0) is 9.53 Å². The summed E-state index contributed by atoms with van der Waals surface area (Å²) in [6.07, 6.45) is 1.64. The Balaban J connectivity index is 1.82. The van der Waals surface area contributed by atoms with Crippen molar-refractivity contribution in [1.82, 2.24) is 9.69 Å². The van der Waals surface area contributed by atoms with Crippen molar-refractivity contribution < 1.29 is 24.2 Å². The third kappa shape index (κ3) is 5.57. The lowest BCUT2D eigenvalue weighted by molar-refractivity contribution is -0.123. The molecule has 0 spiro atoms. The first-order valence-corrected chi connectivity index (χ1v) is 12.6. The molecular weight excluding hydrogens is 494 g/mol. The summed E-state index contributed by atoms with van der Waals surface area (Å²) < 4.78 is 9.61. The quantitative estimate of drug-likeness (QED) is 0.353. The molecule has 0 aliphatic carbocycles. The molecule has 0 unspecified atom stereocenters. The zero-order chi connectivity index (χ0) is 26.7. The maximum absolute atomic E-state index is 14.1. The van der Waals surface area contributed by atoms with Crippen LogP contribution in [0.2, 0.25) is 0 Å². The second-order valence-corrected chi connectivity index (χ2v) is 9.73. The van der Waals surface area contributed by atoms with Gasteiger partial charge in [0.2, 0.25) is 5.91 Å². The second-order valence-electron chi connectivity index (χ2n) is 8.96. The lowest BCUT2D eigenvalue weighted by atomic mass is 10.0. The highest BCUT2D eigenvalue weighted by Crippen LogP contribution is 2.34. The number of primary amides is 1. The molecule has 11 heteroatoms. The minimum atomic E-state index is -1.13. The molecule has 4 rings (SSSR count). The fourth-order valence-corrected chi connectivity index (χ4v) is 4.93. The molecule has 3 amide bonds. The van der Waals surface area contributed by atoms with Crippen LogP contribution in [0.15, 0.2) is 42.5 Å². The topological polar surface area (TPSA) is 161 Å². The summed E-state index contributed by atoms with van der Waals surface area (Å²) in [5.74, 6) is -1.89. The second kappa shape index (κ2) is 11.0. The number of nitrogen functional groups attached to an aromatic ring is 1. The number of phenolic OH excluding ortho intramolecular Hbond substituents is 1. The highest BCUT2D eigenvalue weighted by Gasteiger charge is 2.36. The van der Waals surface area contributed by atoms with E-state index in [1.807, 2.05) is 19.9 Å². The first-order valence-electron chi connectivity index (χ1n) is 11.8. The predicted octanol–water partition coefficient (Wildman–Crippen LogP) is 2.83. The van der Waals surface area contributed by atoms with Crippen LogP contribution < -0.4 is 21.7 Å². The number of carbonyl (C=O) groups excluding carboxylic acids is 3. The number of hydrogen-bond acceptors (Lipinski definition) is 8. The van der Waals surface area contributed by atoms with Crippen molar-refractivity contribution in [2.24, 2.45) is 5.73 Å². The van der Waals surface area contributed by atoms with Crippen LogP contribution in [-0.4, -0.2) is 46.5 Å². The fraction of sp³-hybridized carbons (Fsp3) is 0.308. The number of aromatic hydroxyl groups is 1. The molecule has 0 saturated carbocycles. The van der Waals surface area contributed by atoms with Crippen LogP contribution in [0.25, 0.3) is 0 Å². The number of amides is 3. The molecule has 1 aliphatic rings. The van der Waals surface area contributed by atoms with Crippen LogP contribution in [0.3, 0.4) is 0 Å². The van der Waals surface area contributed by atoms with Crippen LogP contribution in [0.5, 0.6) is 5.75 Å². The van der Waals surface area contributed by atoms with Gasteiger partial charge in [-0.2, -0.15) is 4.37 Å². The van der Waals surface area contributed by atoms with E-state index >= 15 is 0 Å². The number of aromatic nitrogens is 1. The molecule has 194 valence electrons. The van der Waals surface area contributed by atoms with Crippen molar-refractivity contribution in [3.63, 3.8) is 0 Å². The molecule has 1 aliphatic heterocycles. The molecule has 3 aromatic rings. The Morgan fingerprint density at radius 1 is 1.19 bits per heavy atom. The van der Waals surface area contributed by atoms with Gasteiger partial charge in [0, 0.05) is 18.8 Å². The first-order chi connectivity index (χ1) is 17.7. The normalized spacial score (nSPS) is 15.8. The lowest BCUT2D eigenvalue weighted by Crippen LogP contribution is -2.45. The molecule has 0 radical (unpaired) electrons. The zero-order valence-electron chi connectivity index (χ0n) is 20.6. The van der Waals surface area contributed by atoms with Crippen molar-refractivity contribution in [3.8, 4) is 5.75 Å². The molecule has 0 bridgehead atoms. The first kappa shape index (κ1) is 26.1. The highest BCUT2D eigenvalue weighted by molar-refractivity contribution is 7.09. The third-order valence-electron chi connectivity index (χ3n) is 6.39. The van der Waals surface area contributed by atoms with Crippen LogP contribution in [0.4, 0.5) is 11.4 Å². The number of anilines is 2. The molecule has 2 aromatic carbocycles.